The molecule has 0 bridgehead atoms. The highest BCUT2D eigenvalue weighted by Gasteiger charge is 2.30. The zero-order chi connectivity index (χ0) is 13.2. The summed E-state index contributed by atoms with van der Waals surface area (Å²) in [7, 11) is 0. The van der Waals surface area contributed by atoms with Crippen molar-refractivity contribution in [2.75, 3.05) is 0 Å². The lowest BCUT2D eigenvalue weighted by atomic mass is 10.1. The van der Waals surface area contributed by atoms with Crippen molar-refractivity contribution in [1.82, 2.24) is 20.2 Å². The van der Waals surface area contributed by atoms with Crippen molar-refractivity contribution in [3.63, 3.8) is 0 Å². The van der Waals surface area contributed by atoms with E-state index in [0.29, 0.717) is 6.54 Å². The second-order valence-corrected chi connectivity index (χ2v) is 3.54. The van der Waals surface area contributed by atoms with E-state index in [0.717, 1.165) is 12.1 Å². The molecule has 7 heteroatoms. The number of halogens is 3. The summed E-state index contributed by atoms with van der Waals surface area (Å²) < 4.78 is 37.6. The lowest BCUT2D eigenvalue weighted by molar-refractivity contribution is -0.137. The fourth-order valence-electron chi connectivity index (χ4n) is 1.39. The Morgan fingerprint density at radius 1 is 1.33 bits per heavy atom. The summed E-state index contributed by atoms with van der Waals surface area (Å²) in [6, 6.07) is 4.81. The molecule has 2 aromatic rings. The average Bonchev–Trinajstić information content (AvgIpc) is 2.77. The van der Waals surface area contributed by atoms with Crippen LogP contribution in [0.25, 0.3) is 11.4 Å². The van der Waals surface area contributed by atoms with E-state index in [9.17, 15) is 13.2 Å². The van der Waals surface area contributed by atoms with Crippen LogP contribution in [-0.2, 0) is 12.7 Å². The van der Waals surface area contributed by atoms with Crippen molar-refractivity contribution in [3.05, 3.63) is 42.5 Å². The Hall–Kier alpha value is -2.18. The average molecular weight is 254 g/mol. The Kier molecular flexibility index (Phi) is 3.14. The van der Waals surface area contributed by atoms with E-state index in [1.165, 1.54) is 16.9 Å². The monoisotopic (exact) mass is 254 g/mol. The number of alkyl halides is 3. The van der Waals surface area contributed by atoms with Crippen molar-refractivity contribution in [1.29, 1.82) is 0 Å². The van der Waals surface area contributed by atoms with Gasteiger partial charge < -0.3 is 0 Å². The van der Waals surface area contributed by atoms with E-state index in [-0.39, 0.29) is 11.4 Å². The molecule has 0 amide bonds. The smallest absolute Gasteiger partial charge is 0.166 e. The molecule has 0 fully saturated rings. The van der Waals surface area contributed by atoms with Crippen LogP contribution < -0.4 is 0 Å². The second-order valence-electron chi connectivity index (χ2n) is 3.54. The lowest BCUT2D eigenvalue weighted by Gasteiger charge is -2.06. The van der Waals surface area contributed by atoms with Gasteiger partial charge in [-0.15, -0.1) is 16.8 Å². The van der Waals surface area contributed by atoms with Gasteiger partial charge in [0.05, 0.1) is 12.1 Å². The number of rotatable bonds is 3. The van der Waals surface area contributed by atoms with E-state index in [4.69, 9.17) is 0 Å². The first kappa shape index (κ1) is 12.3. The maximum atomic E-state index is 12.5. The largest absolute Gasteiger partial charge is 0.416 e. The van der Waals surface area contributed by atoms with Crippen LogP contribution in [0.1, 0.15) is 5.56 Å². The number of benzene rings is 1. The maximum absolute atomic E-state index is 12.5. The van der Waals surface area contributed by atoms with E-state index < -0.39 is 11.7 Å². The Balaban J connectivity index is 2.35. The van der Waals surface area contributed by atoms with Crippen LogP contribution in [0.3, 0.4) is 0 Å². The molecule has 1 aromatic heterocycles. The first-order valence-electron chi connectivity index (χ1n) is 5.07. The van der Waals surface area contributed by atoms with Gasteiger partial charge in [-0.05, 0) is 17.3 Å². The van der Waals surface area contributed by atoms with E-state index in [1.807, 2.05) is 0 Å². The molecule has 18 heavy (non-hydrogen) atoms. The highest BCUT2D eigenvalue weighted by atomic mass is 19.4. The Morgan fingerprint density at radius 2 is 2.11 bits per heavy atom. The summed E-state index contributed by atoms with van der Waals surface area (Å²) in [6.45, 7) is 3.86. The van der Waals surface area contributed by atoms with Gasteiger partial charge in [0.2, 0.25) is 5.82 Å². The third kappa shape index (κ3) is 2.55. The Labute approximate surface area is 101 Å². The molecule has 1 heterocycles. The van der Waals surface area contributed by atoms with Gasteiger partial charge in [0.1, 0.15) is 0 Å². The molecule has 94 valence electrons. The topological polar surface area (TPSA) is 43.6 Å². The highest BCUT2D eigenvalue weighted by Crippen LogP contribution is 2.31. The molecule has 0 N–H and O–H groups in total. The quantitative estimate of drug-likeness (QED) is 0.790. The molecule has 0 aliphatic heterocycles. The van der Waals surface area contributed by atoms with Gasteiger partial charge in [0.15, 0.2) is 0 Å². The zero-order valence-electron chi connectivity index (χ0n) is 9.22. The third-order valence-electron chi connectivity index (χ3n) is 2.19. The predicted octanol–water partition coefficient (Wildman–Crippen LogP) is 2.54. The van der Waals surface area contributed by atoms with Crippen LogP contribution in [0.15, 0.2) is 36.9 Å². The van der Waals surface area contributed by atoms with Gasteiger partial charge in [0.25, 0.3) is 0 Å². The van der Waals surface area contributed by atoms with Crippen LogP contribution in [0, 0.1) is 0 Å². The number of hydrogen-bond acceptors (Lipinski definition) is 3. The van der Waals surface area contributed by atoms with Crippen LogP contribution in [0.2, 0.25) is 0 Å². The van der Waals surface area contributed by atoms with Gasteiger partial charge in [-0.1, -0.05) is 18.2 Å². The molecule has 0 aliphatic rings. The summed E-state index contributed by atoms with van der Waals surface area (Å²) in [5.74, 6) is 0.156. The zero-order valence-corrected chi connectivity index (χ0v) is 9.22. The first-order valence-corrected chi connectivity index (χ1v) is 5.07. The number of tetrazole rings is 1. The molecule has 0 aliphatic carbocycles. The molecule has 0 radical (unpaired) electrons. The van der Waals surface area contributed by atoms with Crippen LogP contribution in [0.5, 0.6) is 0 Å². The van der Waals surface area contributed by atoms with Gasteiger partial charge in [0, 0.05) is 5.56 Å². The predicted molar refractivity (Wildman–Crippen MR) is 58.5 cm³/mol. The minimum atomic E-state index is -4.38. The van der Waals surface area contributed by atoms with Crippen LogP contribution in [-0.4, -0.2) is 20.2 Å². The number of nitrogens with zero attached hydrogens (tertiary/aromatic N) is 4. The molecular weight excluding hydrogens is 245 g/mol. The first-order chi connectivity index (χ1) is 8.50. The van der Waals surface area contributed by atoms with Crippen molar-refractivity contribution in [2.45, 2.75) is 12.7 Å². The summed E-state index contributed by atoms with van der Waals surface area (Å²) in [4.78, 5) is 1.25. The summed E-state index contributed by atoms with van der Waals surface area (Å²) in [5.41, 5.74) is -0.458. The van der Waals surface area contributed by atoms with E-state index >= 15 is 0 Å². The molecule has 0 unspecified atom stereocenters. The van der Waals surface area contributed by atoms with Gasteiger partial charge in [-0.2, -0.15) is 18.0 Å². The van der Waals surface area contributed by atoms with E-state index in [2.05, 4.69) is 22.0 Å². The number of hydrogen-bond donors (Lipinski definition) is 0. The minimum Gasteiger partial charge on any atom is -0.166 e. The number of allylic oxidation sites excluding steroid dienone is 1. The maximum Gasteiger partial charge on any atom is 0.416 e. The summed E-state index contributed by atoms with van der Waals surface area (Å²) in [5, 5.41) is 11.3. The summed E-state index contributed by atoms with van der Waals surface area (Å²) in [6.07, 6.45) is -2.81. The fraction of sp³-hybridized carbons (Fsp3) is 0.182. The highest BCUT2D eigenvalue weighted by molar-refractivity contribution is 5.55. The Bertz CT molecular complexity index is 559. The molecule has 0 spiro atoms. The SMILES string of the molecule is C=CCn1nnc(-c2cccc(C(F)(F)F)c2)n1. The minimum absolute atomic E-state index is 0.156. The third-order valence-corrected chi connectivity index (χ3v) is 2.19. The molecule has 4 nitrogen and oxygen atoms in total. The number of aromatic nitrogens is 4. The fourth-order valence-corrected chi connectivity index (χ4v) is 1.39. The van der Waals surface area contributed by atoms with E-state index in [1.54, 1.807) is 6.08 Å². The molecule has 1 aromatic carbocycles. The van der Waals surface area contributed by atoms with Crippen molar-refractivity contribution < 1.29 is 13.2 Å². The van der Waals surface area contributed by atoms with Gasteiger partial charge >= 0.3 is 6.18 Å². The molecule has 2 rings (SSSR count). The second kappa shape index (κ2) is 4.59. The van der Waals surface area contributed by atoms with Crippen molar-refractivity contribution >= 4 is 0 Å². The van der Waals surface area contributed by atoms with Crippen LogP contribution >= 0.6 is 0 Å². The van der Waals surface area contributed by atoms with Gasteiger partial charge in [-0.25, -0.2) is 0 Å². The lowest BCUT2D eigenvalue weighted by Crippen LogP contribution is -2.04. The molecular formula is C11H9F3N4. The summed E-state index contributed by atoms with van der Waals surface area (Å²) >= 11 is 0. The Morgan fingerprint density at radius 3 is 2.78 bits per heavy atom. The standard InChI is InChI=1S/C11H9F3N4/c1-2-6-18-16-10(15-17-18)8-4-3-5-9(7-8)11(12,13)14/h2-5,7H,1,6H2. The molecule has 0 atom stereocenters. The van der Waals surface area contributed by atoms with Gasteiger partial charge in [-0.3, -0.25) is 0 Å². The molecule has 0 saturated carbocycles. The van der Waals surface area contributed by atoms with Crippen LogP contribution in [0.4, 0.5) is 13.2 Å². The van der Waals surface area contributed by atoms with Crippen molar-refractivity contribution in [3.8, 4) is 11.4 Å². The normalized spacial score (nSPS) is 11.5. The molecule has 0 saturated heterocycles. The van der Waals surface area contributed by atoms with Crippen molar-refractivity contribution in [2.24, 2.45) is 0 Å².